The summed E-state index contributed by atoms with van der Waals surface area (Å²) in [6.07, 6.45) is 5.79. The maximum atomic E-state index is 12.6. The number of fused-ring (bicyclic) bond motifs is 5. The van der Waals surface area contributed by atoms with E-state index in [9.17, 15) is 24.6 Å². The van der Waals surface area contributed by atoms with Crippen LogP contribution in [0, 0.1) is 34.0 Å². The molecule has 7 atom stereocenters. The summed E-state index contributed by atoms with van der Waals surface area (Å²) in [6, 6.07) is 0. The molecule has 4 rings (SSSR count). The normalized spacial score (nSPS) is 41.3. The summed E-state index contributed by atoms with van der Waals surface area (Å²) in [5, 5.41) is 43.6. The molecule has 4 aliphatic carbocycles. The number of nitrogens with zero attached hydrogens (tertiary/aromatic N) is 1. The van der Waals surface area contributed by atoms with Gasteiger partial charge in [0.1, 0.15) is 18.0 Å². The van der Waals surface area contributed by atoms with Crippen LogP contribution >= 0.6 is 0 Å². The van der Waals surface area contributed by atoms with Crippen molar-refractivity contribution in [3.05, 3.63) is 12.2 Å². The van der Waals surface area contributed by atoms with Gasteiger partial charge in [0, 0.05) is 41.4 Å². The Hall–Kier alpha value is -2.30. The molecule has 0 aromatic carbocycles. The molecule has 0 saturated heterocycles. The molecule has 4 saturated carbocycles. The monoisotopic (exact) mass is 522 g/mol. The fraction of sp³-hybridized carbons (Fsp3) is 0.778. The predicted molar refractivity (Wildman–Crippen MR) is 136 cm³/mol. The highest BCUT2D eigenvalue weighted by Crippen LogP contribution is 2.69. The number of ketones is 1. The van der Waals surface area contributed by atoms with Gasteiger partial charge in [-0.2, -0.15) is 0 Å². The number of carboxylic acids is 2. The van der Waals surface area contributed by atoms with Crippen LogP contribution in [0.25, 0.3) is 0 Å². The third-order valence-corrected chi connectivity index (χ3v) is 10.1. The average molecular weight is 523 g/mol. The van der Waals surface area contributed by atoms with Crippen molar-refractivity contribution in [2.75, 3.05) is 13.2 Å². The molecule has 0 unspecified atom stereocenters. The number of carboxylic acid groups (broad SMARTS) is 2. The van der Waals surface area contributed by atoms with Crippen molar-refractivity contribution in [2.24, 2.45) is 44.9 Å². The molecule has 37 heavy (non-hydrogen) atoms. The van der Waals surface area contributed by atoms with Crippen molar-refractivity contribution in [2.45, 2.75) is 84.3 Å². The van der Waals surface area contributed by atoms with E-state index in [1.807, 2.05) is 13.8 Å². The van der Waals surface area contributed by atoms with Gasteiger partial charge in [-0.15, -0.1) is 0 Å². The number of nitrogens with two attached hydrogens (primary N) is 1. The van der Waals surface area contributed by atoms with Gasteiger partial charge >= 0.3 is 11.9 Å². The Bertz CT molecular complexity index is 961. The zero-order valence-corrected chi connectivity index (χ0v) is 22.3. The first-order valence-electron chi connectivity index (χ1n) is 13.1. The van der Waals surface area contributed by atoms with Crippen LogP contribution in [-0.2, 0) is 19.2 Å². The summed E-state index contributed by atoms with van der Waals surface area (Å²) < 4.78 is 0. The number of rotatable bonds is 5. The van der Waals surface area contributed by atoms with Gasteiger partial charge in [-0.25, -0.2) is 9.59 Å². The Morgan fingerprint density at radius 2 is 1.68 bits per heavy atom. The minimum Gasteiger partial charge on any atom is -0.478 e. The van der Waals surface area contributed by atoms with E-state index < -0.39 is 34.5 Å². The smallest absolute Gasteiger partial charge is 0.328 e. The predicted octanol–water partition coefficient (Wildman–Crippen LogP) is 2.36. The fourth-order valence-electron chi connectivity index (χ4n) is 8.17. The van der Waals surface area contributed by atoms with E-state index in [4.69, 9.17) is 20.8 Å². The molecule has 0 amide bonds. The first-order valence-corrected chi connectivity index (χ1v) is 13.1. The van der Waals surface area contributed by atoms with Gasteiger partial charge < -0.3 is 31.0 Å². The van der Waals surface area contributed by atoms with E-state index in [1.165, 1.54) is 0 Å². The minimum absolute atomic E-state index is 0.237. The van der Waals surface area contributed by atoms with Crippen molar-refractivity contribution >= 4 is 23.4 Å². The average Bonchev–Trinajstić information content (AvgIpc) is 3.12. The Kier molecular flexibility index (Phi) is 8.27. The molecular weight excluding hydrogens is 480 g/mol. The number of carbonyl (C=O) groups is 3. The van der Waals surface area contributed by atoms with E-state index in [2.05, 4.69) is 19.0 Å². The lowest BCUT2D eigenvalue weighted by Gasteiger charge is -2.68. The second-order valence-corrected chi connectivity index (χ2v) is 12.0. The van der Waals surface area contributed by atoms with Gasteiger partial charge in [-0.3, -0.25) is 4.79 Å². The van der Waals surface area contributed by atoms with Crippen molar-refractivity contribution in [3.8, 4) is 0 Å². The van der Waals surface area contributed by atoms with Gasteiger partial charge in [0.15, 0.2) is 0 Å². The van der Waals surface area contributed by atoms with Crippen LogP contribution in [-0.4, -0.2) is 68.7 Å². The molecular formula is C27H42N2O8. The lowest BCUT2D eigenvalue weighted by atomic mass is 9.38. The zero-order valence-electron chi connectivity index (χ0n) is 22.3. The lowest BCUT2D eigenvalue weighted by molar-refractivity contribution is -0.273. The van der Waals surface area contributed by atoms with Crippen molar-refractivity contribution in [1.29, 1.82) is 0 Å². The summed E-state index contributed by atoms with van der Waals surface area (Å²) in [6.45, 7) is 9.03. The number of aliphatic hydroxyl groups is 2. The number of aliphatic carboxylic acids is 2. The van der Waals surface area contributed by atoms with Gasteiger partial charge in [-0.05, 0) is 56.3 Å². The third-order valence-electron chi connectivity index (χ3n) is 10.1. The van der Waals surface area contributed by atoms with Crippen LogP contribution in [0.15, 0.2) is 17.3 Å². The highest BCUT2D eigenvalue weighted by molar-refractivity contribution is 5.92. The first kappa shape index (κ1) is 29.3. The minimum atomic E-state index is -1.28. The second-order valence-electron chi connectivity index (χ2n) is 12.0. The molecule has 208 valence electrons. The molecule has 0 aliphatic heterocycles. The SMILES string of the molecule is CC1(C)/C(=N/OCCN)CC[C@]2(C)[C@H]3CC[C@]4(C)C(=O)CC[C@H]4[C@@H]3C[C@H](O)[C@@]12O.O=C(O)/C=C/C(=O)O. The summed E-state index contributed by atoms with van der Waals surface area (Å²) >= 11 is 0. The van der Waals surface area contributed by atoms with Crippen LogP contribution in [0.4, 0.5) is 0 Å². The second kappa shape index (κ2) is 10.5. The van der Waals surface area contributed by atoms with Crippen molar-refractivity contribution < 1.29 is 39.6 Å². The molecule has 0 radical (unpaired) electrons. The van der Waals surface area contributed by atoms with Crippen LogP contribution < -0.4 is 5.73 Å². The van der Waals surface area contributed by atoms with E-state index in [1.54, 1.807) is 0 Å². The van der Waals surface area contributed by atoms with E-state index in [0.29, 0.717) is 61.7 Å². The summed E-state index contributed by atoms with van der Waals surface area (Å²) in [5.74, 6) is -1.18. The van der Waals surface area contributed by atoms with Gasteiger partial charge in [-0.1, -0.05) is 32.9 Å². The van der Waals surface area contributed by atoms with Crippen LogP contribution in [0.1, 0.15) is 72.6 Å². The summed E-state index contributed by atoms with van der Waals surface area (Å²) in [7, 11) is 0. The fourth-order valence-corrected chi connectivity index (χ4v) is 8.17. The number of oxime groups is 1. The topological polar surface area (TPSA) is 180 Å². The van der Waals surface area contributed by atoms with Crippen LogP contribution in [0.5, 0.6) is 0 Å². The van der Waals surface area contributed by atoms with Crippen molar-refractivity contribution in [1.82, 2.24) is 0 Å². The highest BCUT2D eigenvalue weighted by atomic mass is 16.6. The molecule has 4 fully saturated rings. The molecule has 0 bridgehead atoms. The molecule has 4 aliphatic rings. The van der Waals surface area contributed by atoms with E-state index in [0.717, 1.165) is 37.8 Å². The summed E-state index contributed by atoms with van der Waals surface area (Å²) in [5.41, 5.74) is 3.69. The quantitative estimate of drug-likeness (QED) is 0.206. The first-order chi connectivity index (χ1) is 17.2. The molecule has 10 nitrogen and oxygen atoms in total. The van der Waals surface area contributed by atoms with E-state index >= 15 is 0 Å². The number of aliphatic hydroxyl groups excluding tert-OH is 1. The van der Waals surface area contributed by atoms with Gasteiger partial charge in [0.2, 0.25) is 0 Å². The summed E-state index contributed by atoms with van der Waals surface area (Å²) in [4.78, 5) is 37.1. The van der Waals surface area contributed by atoms with E-state index in [-0.39, 0.29) is 5.41 Å². The molecule has 0 aromatic rings. The highest BCUT2D eigenvalue weighted by Gasteiger charge is 2.72. The lowest BCUT2D eigenvalue weighted by Crippen LogP contribution is -2.74. The molecule has 6 N–H and O–H groups in total. The van der Waals surface area contributed by atoms with Gasteiger partial charge in [0.05, 0.1) is 11.8 Å². The number of hydrogen-bond donors (Lipinski definition) is 5. The Balaban J connectivity index is 0.000000414. The van der Waals surface area contributed by atoms with Crippen LogP contribution in [0.3, 0.4) is 0 Å². The molecule has 0 spiro atoms. The Morgan fingerprint density at radius 1 is 1.05 bits per heavy atom. The Morgan fingerprint density at radius 3 is 2.24 bits per heavy atom. The maximum absolute atomic E-state index is 12.6. The number of Topliss-reactive ketones (excluding diaryl/α,β-unsaturated/α-hetero) is 1. The molecule has 0 aromatic heterocycles. The third kappa shape index (κ3) is 4.72. The maximum Gasteiger partial charge on any atom is 0.328 e. The Labute approximate surface area is 217 Å². The van der Waals surface area contributed by atoms with Crippen molar-refractivity contribution in [3.63, 3.8) is 0 Å². The number of hydrogen-bond acceptors (Lipinski definition) is 8. The molecule has 0 heterocycles. The number of carbonyl (C=O) groups excluding carboxylic acids is 1. The van der Waals surface area contributed by atoms with Crippen LogP contribution in [0.2, 0.25) is 0 Å². The largest absolute Gasteiger partial charge is 0.478 e. The zero-order chi connectivity index (χ0) is 27.8. The molecule has 10 heteroatoms. The van der Waals surface area contributed by atoms with Gasteiger partial charge in [0.25, 0.3) is 0 Å². The standard InChI is InChI=1S/C23H38N2O4.C4H4O4/c1-20(2)17(25-29-12-11-24)8-10-22(4)16-7-9-21(3)15(5-6-18(21)26)14(16)13-19(27)23(20,22)28;5-3(6)1-2-4(7)8/h14-16,19,27-28H,5-13,24H2,1-4H3;1-2H,(H,5,6)(H,7,8)/b25-17+;2-1+/t14-,15-,16-,19-,21-,22+,23+;/m0./s1.